The maximum absolute atomic E-state index is 11.8. The highest BCUT2D eigenvalue weighted by molar-refractivity contribution is 5.97. The van der Waals surface area contributed by atoms with Gasteiger partial charge in [-0.25, -0.2) is 9.59 Å². The van der Waals surface area contributed by atoms with Crippen LogP contribution in [0.15, 0.2) is 60.2 Å². The van der Waals surface area contributed by atoms with Gasteiger partial charge in [0, 0.05) is 11.6 Å². The van der Waals surface area contributed by atoms with Crippen molar-refractivity contribution in [3.63, 3.8) is 0 Å². The molecule has 0 amide bonds. The lowest BCUT2D eigenvalue weighted by molar-refractivity contribution is -0.132. The average Bonchev–Trinajstić information content (AvgIpc) is 2.51. The number of esters is 2. The summed E-state index contributed by atoms with van der Waals surface area (Å²) < 4.78 is 10.0. The van der Waals surface area contributed by atoms with Crippen LogP contribution in [-0.4, -0.2) is 22.2 Å². The molecule has 0 heterocycles. The number of carbonyl (C=O) groups excluding carboxylic acids is 2. The monoisotopic (exact) mass is 314 g/mol. The average molecular weight is 314 g/mol. The lowest BCUT2D eigenvalue weighted by Crippen LogP contribution is -2.12. The summed E-state index contributed by atoms with van der Waals surface area (Å²) in [6, 6.07) is 11.2. The van der Waals surface area contributed by atoms with Crippen LogP contribution in [0.1, 0.15) is 6.92 Å². The molecule has 118 valence electrons. The maximum Gasteiger partial charge on any atom is 0.339 e. The Balaban J connectivity index is 1.97. The molecular weight excluding hydrogens is 300 g/mol. The second-order valence-electron chi connectivity index (χ2n) is 4.63. The first-order valence-electron chi connectivity index (χ1n) is 6.64. The number of hydrogen-bond donors (Lipinski definition) is 2. The fraction of sp³-hybridized carbons (Fsp3) is 0.0588. The lowest BCUT2D eigenvalue weighted by atomic mass is 10.3. The molecule has 0 unspecified atom stereocenters. The molecule has 6 heteroatoms. The van der Waals surface area contributed by atoms with Gasteiger partial charge in [0.05, 0.1) is 0 Å². The van der Waals surface area contributed by atoms with E-state index in [4.69, 9.17) is 19.7 Å². The molecule has 23 heavy (non-hydrogen) atoms. The Kier molecular flexibility index (Phi) is 4.99. The van der Waals surface area contributed by atoms with Gasteiger partial charge >= 0.3 is 11.9 Å². The van der Waals surface area contributed by atoms with Crippen molar-refractivity contribution < 1.29 is 29.3 Å². The molecule has 0 spiro atoms. The summed E-state index contributed by atoms with van der Waals surface area (Å²) in [4.78, 5) is 23.5. The highest BCUT2D eigenvalue weighted by Crippen LogP contribution is 2.18. The van der Waals surface area contributed by atoms with Crippen LogP contribution in [0.5, 0.6) is 23.0 Å². The summed E-state index contributed by atoms with van der Waals surface area (Å²) in [6.07, 6.45) is 1.01. The summed E-state index contributed by atoms with van der Waals surface area (Å²) >= 11 is 0. The summed E-state index contributed by atoms with van der Waals surface area (Å²) in [6.45, 7) is 1.42. The van der Waals surface area contributed by atoms with Gasteiger partial charge in [-0.1, -0.05) is 0 Å². The molecule has 2 N–H and O–H groups in total. The number of hydrogen-bond acceptors (Lipinski definition) is 6. The second-order valence-corrected chi connectivity index (χ2v) is 4.63. The zero-order chi connectivity index (χ0) is 16.8. The number of phenolic OH excluding ortho intramolecular Hbond substituents is 2. The first-order valence-corrected chi connectivity index (χ1v) is 6.64. The van der Waals surface area contributed by atoms with Crippen LogP contribution in [0.25, 0.3) is 0 Å². The molecule has 0 saturated heterocycles. The van der Waals surface area contributed by atoms with Crippen molar-refractivity contribution in [1.29, 1.82) is 0 Å². The first-order chi connectivity index (χ1) is 10.9. The minimum absolute atomic E-state index is 0.0500. The Morgan fingerprint density at radius 2 is 1.26 bits per heavy atom. The Morgan fingerprint density at radius 3 is 1.74 bits per heavy atom. The highest BCUT2D eigenvalue weighted by Gasteiger charge is 2.11. The van der Waals surface area contributed by atoms with Gasteiger partial charge in [-0.2, -0.15) is 0 Å². The van der Waals surface area contributed by atoms with Crippen molar-refractivity contribution in [2.45, 2.75) is 6.92 Å². The van der Waals surface area contributed by atoms with Gasteiger partial charge in [-0.05, 0) is 55.5 Å². The van der Waals surface area contributed by atoms with E-state index < -0.39 is 11.9 Å². The third-order valence-electron chi connectivity index (χ3n) is 2.76. The van der Waals surface area contributed by atoms with Crippen LogP contribution >= 0.6 is 0 Å². The van der Waals surface area contributed by atoms with Gasteiger partial charge in [0.2, 0.25) is 0 Å². The van der Waals surface area contributed by atoms with Gasteiger partial charge in [0.15, 0.2) is 0 Å². The van der Waals surface area contributed by atoms with Gasteiger partial charge in [0.25, 0.3) is 0 Å². The smallest absolute Gasteiger partial charge is 0.339 e. The Morgan fingerprint density at radius 1 is 0.826 bits per heavy atom. The number of phenols is 2. The molecule has 0 aliphatic rings. The van der Waals surface area contributed by atoms with Gasteiger partial charge in [-0.3, -0.25) is 0 Å². The molecule has 0 aliphatic heterocycles. The van der Waals surface area contributed by atoms with Gasteiger partial charge in [-0.15, -0.1) is 0 Å². The standard InChI is InChI=1S/C17H14O6/c1-11(17(21)23-15-8-4-13(19)5-9-15)10-16(20)22-14-6-2-12(18)3-7-14/h2-10,18-19H,1H3/b11-10-. The number of benzene rings is 2. The summed E-state index contributed by atoms with van der Waals surface area (Å²) in [7, 11) is 0. The minimum atomic E-state index is -0.740. The SMILES string of the molecule is C/C(=C/C(=O)Oc1ccc(O)cc1)C(=O)Oc1ccc(O)cc1. The maximum atomic E-state index is 11.8. The Hall–Kier alpha value is -3.28. The zero-order valence-electron chi connectivity index (χ0n) is 12.2. The van der Waals surface area contributed by atoms with E-state index in [0.717, 1.165) is 6.08 Å². The van der Waals surface area contributed by atoms with E-state index in [1.54, 1.807) is 0 Å². The zero-order valence-corrected chi connectivity index (χ0v) is 12.2. The summed E-state index contributed by atoms with van der Waals surface area (Å²) in [5, 5.41) is 18.3. The van der Waals surface area contributed by atoms with E-state index in [0.29, 0.717) is 0 Å². The molecule has 0 aromatic heterocycles. The number of rotatable bonds is 4. The van der Waals surface area contributed by atoms with Crippen LogP contribution < -0.4 is 9.47 Å². The molecular formula is C17H14O6. The van der Waals surface area contributed by atoms with E-state index in [-0.39, 0.29) is 28.6 Å². The van der Waals surface area contributed by atoms with Crippen molar-refractivity contribution in [3.8, 4) is 23.0 Å². The van der Waals surface area contributed by atoms with E-state index in [2.05, 4.69) is 0 Å². The number of carbonyl (C=O) groups is 2. The quantitative estimate of drug-likeness (QED) is 0.512. The third-order valence-corrected chi connectivity index (χ3v) is 2.76. The van der Waals surface area contributed by atoms with Crippen molar-refractivity contribution in [1.82, 2.24) is 0 Å². The molecule has 0 saturated carbocycles. The highest BCUT2D eigenvalue weighted by atomic mass is 16.5. The number of ether oxygens (including phenoxy) is 2. The van der Waals surface area contributed by atoms with Crippen molar-refractivity contribution in [2.24, 2.45) is 0 Å². The fourth-order valence-electron chi connectivity index (χ4n) is 1.60. The predicted molar refractivity (Wildman–Crippen MR) is 81.2 cm³/mol. The molecule has 0 bridgehead atoms. The molecule has 2 aromatic rings. The van der Waals surface area contributed by atoms with Gasteiger partial charge in [0.1, 0.15) is 23.0 Å². The van der Waals surface area contributed by atoms with Crippen LogP contribution in [0.2, 0.25) is 0 Å². The normalized spacial score (nSPS) is 10.9. The minimum Gasteiger partial charge on any atom is -0.508 e. The lowest BCUT2D eigenvalue weighted by Gasteiger charge is -2.05. The topological polar surface area (TPSA) is 93.1 Å². The van der Waals surface area contributed by atoms with E-state index >= 15 is 0 Å². The first kappa shape index (κ1) is 16.1. The van der Waals surface area contributed by atoms with Gasteiger partial charge < -0.3 is 19.7 Å². The van der Waals surface area contributed by atoms with Crippen LogP contribution in [-0.2, 0) is 9.59 Å². The van der Waals surface area contributed by atoms with Crippen molar-refractivity contribution in [2.75, 3.05) is 0 Å². The largest absolute Gasteiger partial charge is 0.508 e. The summed E-state index contributed by atoms with van der Waals surface area (Å²) in [5.74, 6) is -0.867. The van der Waals surface area contributed by atoms with E-state index in [1.807, 2.05) is 0 Å². The summed E-state index contributed by atoms with van der Waals surface area (Å²) in [5.41, 5.74) is 0.0573. The van der Waals surface area contributed by atoms with Crippen LogP contribution in [0, 0.1) is 0 Å². The van der Waals surface area contributed by atoms with Crippen molar-refractivity contribution in [3.05, 3.63) is 60.2 Å². The van der Waals surface area contributed by atoms with Crippen molar-refractivity contribution >= 4 is 11.9 Å². The number of aromatic hydroxyl groups is 2. The van der Waals surface area contributed by atoms with Crippen LogP contribution in [0.3, 0.4) is 0 Å². The second kappa shape index (κ2) is 7.13. The van der Waals surface area contributed by atoms with E-state index in [9.17, 15) is 9.59 Å². The fourth-order valence-corrected chi connectivity index (χ4v) is 1.60. The molecule has 0 fully saturated rings. The third kappa shape index (κ3) is 4.89. The molecule has 2 aromatic carbocycles. The van der Waals surface area contributed by atoms with E-state index in [1.165, 1.54) is 55.5 Å². The van der Waals surface area contributed by atoms with Crippen LogP contribution in [0.4, 0.5) is 0 Å². The molecule has 6 nitrogen and oxygen atoms in total. The predicted octanol–water partition coefficient (Wildman–Crippen LogP) is 2.56. The Labute approximate surface area is 132 Å². The Bertz CT molecular complexity index is 729. The molecule has 2 rings (SSSR count). The molecule has 0 radical (unpaired) electrons. The molecule has 0 atom stereocenters. The molecule has 0 aliphatic carbocycles.